The number of benzene rings is 1. The van der Waals surface area contributed by atoms with Crippen molar-refractivity contribution < 1.29 is 9.21 Å². The number of halogens is 3. The first-order valence-electron chi connectivity index (χ1n) is 5.99. The Morgan fingerprint density at radius 1 is 1.25 bits per heavy atom. The van der Waals surface area contributed by atoms with Crippen LogP contribution in [0.15, 0.2) is 39.4 Å². The fourth-order valence-electron chi connectivity index (χ4n) is 1.77. The van der Waals surface area contributed by atoms with Gasteiger partial charge in [-0.25, -0.2) is 0 Å². The first-order chi connectivity index (χ1) is 9.51. The number of nitrogens with zero attached hydrogens (tertiary/aromatic N) is 1. The van der Waals surface area contributed by atoms with Crippen LogP contribution in [0, 0.1) is 0 Å². The van der Waals surface area contributed by atoms with Gasteiger partial charge in [0.15, 0.2) is 10.4 Å². The van der Waals surface area contributed by atoms with Crippen LogP contribution in [-0.2, 0) is 6.54 Å². The topological polar surface area (TPSA) is 33.5 Å². The summed E-state index contributed by atoms with van der Waals surface area (Å²) < 4.78 is 5.82. The zero-order valence-corrected chi connectivity index (χ0v) is 13.8. The highest BCUT2D eigenvalue weighted by atomic mass is 79.9. The summed E-state index contributed by atoms with van der Waals surface area (Å²) in [6.07, 6.45) is 0. The molecular weight excluding hydrogens is 365 g/mol. The van der Waals surface area contributed by atoms with E-state index in [1.165, 1.54) is 0 Å². The molecule has 0 radical (unpaired) electrons. The Hall–Kier alpha value is -0.970. The highest BCUT2D eigenvalue weighted by Gasteiger charge is 2.18. The van der Waals surface area contributed by atoms with Crippen LogP contribution in [0.1, 0.15) is 23.0 Å². The summed E-state index contributed by atoms with van der Waals surface area (Å²) in [5, 5.41) is 0.980. The predicted molar refractivity (Wildman–Crippen MR) is 83.3 cm³/mol. The molecule has 1 aromatic heterocycles. The molecule has 0 spiro atoms. The van der Waals surface area contributed by atoms with Gasteiger partial charge in [-0.2, -0.15) is 0 Å². The van der Waals surface area contributed by atoms with Gasteiger partial charge in [-0.05, 0) is 52.7 Å². The van der Waals surface area contributed by atoms with Crippen molar-refractivity contribution in [3.05, 3.63) is 56.4 Å². The summed E-state index contributed by atoms with van der Waals surface area (Å²) in [6, 6.07) is 8.67. The van der Waals surface area contributed by atoms with Crippen molar-refractivity contribution in [1.82, 2.24) is 4.90 Å². The Morgan fingerprint density at radius 2 is 2.00 bits per heavy atom. The molecule has 0 fully saturated rings. The van der Waals surface area contributed by atoms with Gasteiger partial charge in [0.1, 0.15) is 0 Å². The Balaban J connectivity index is 2.16. The lowest BCUT2D eigenvalue weighted by Crippen LogP contribution is -2.30. The molecule has 0 aliphatic rings. The Labute approximate surface area is 135 Å². The second kappa shape index (κ2) is 6.66. The molecule has 0 aliphatic heterocycles. The molecule has 0 saturated heterocycles. The van der Waals surface area contributed by atoms with E-state index in [2.05, 4.69) is 15.9 Å². The van der Waals surface area contributed by atoms with Crippen LogP contribution in [0.25, 0.3) is 0 Å². The van der Waals surface area contributed by atoms with Crippen LogP contribution in [0.4, 0.5) is 0 Å². The summed E-state index contributed by atoms with van der Waals surface area (Å²) in [7, 11) is 0. The minimum Gasteiger partial charge on any atom is -0.444 e. The summed E-state index contributed by atoms with van der Waals surface area (Å²) in [5.41, 5.74) is 0.917. The Kier molecular flexibility index (Phi) is 5.13. The van der Waals surface area contributed by atoms with Crippen molar-refractivity contribution in [3.8, 4) is 0 Å². The fourth-order valence-corrected chi connectivity index (χ4v) is 2.40. The number of hydrogen-bond donors (Lipinski definition) is 0. The van der Waals surface area contributed by atoms with E-state index < -0.39 is 0 Å². The molecule has 0 atom stereocenters. The quantitative estimate of drug-likeness (QED) is 0.751. The first kappa shape index (κ1) is 15.4. The average Bonchev–Trinajstić information content (AvgIpc) is 2.86. The minimum atomic E-state index is -0.163. The smallest absolute Gasteiger partial charge is 0.289 e. The third-order valence-electron chi connectivity index (χ3n) is 2.81. The van der Waals surface area contributed by atoms with Crippen LogP contribution >= 0.6 is 39.1 Å². The number of hydrogen-bond acceptors (Lipinski definition) is 2. The molecule has 1 heterocycles. The van der Waals surface area contributed by atoms with E-state index in [0.29, 0.717) is 33.6 Å². The summed E-state index contributed by atoms with van der Waals surface area (Å²) >= 11 is 15.0. The van der Waals surface area contributed by atoms with Crippen molar-refractivity contribution in [2.24, 2.45) is 0 Å². The summed E-state index contributed by atoms with van der Waals surface area (Å²) in [5.74, 6) is 0.142. The molecular formula is C14H12BrCl2NO2. The van der Waals surface area contributed by atoms with Crippen LogP contribution in [0.5, 0.6) is 0 Å². The standard InChI is InChI=1S/C14H12BrCl2NO2/c1-2-18(14(19)12-5-6-13(15)20-12)8-9-3-4-10(16)11(17)7-9/h3-7H,2,8H2,1H3. The Bertz CT molecular complexity index is 627. The van der Waals surface area contributed by atoms with Gasteiger partial charge < -0.3 is 9.32 Å². The largest absolute Gasteiger partial charge is 0.444 e. The molecule has 1 aromatic carbocycles. The zero-order chi connectivity index (χ0) is 14.7. The first-order valence-corrected chi connectivity index (χ1v) is 7.54. The van der Waals surface area contributed by atoms with Gasteiger partial charge in [-0.1, -0.05) is 29.3 Å². The van der Waals surface area contributed by atoms with Crippen molar-refractivity contribution >= 4 is 45.0 Å². The maximum atomic E-state index is 12.3. The Morgan fingerprint density at radius 3 is 2.55 bits per heavy atom. The minimum absolute atomic E-state index is 0.163. The second-order valence-electron chi connectivity index (χ2n) is 4.17. The van der Waals surface area contributed by atoms with Crippen LogP contribution < -0.4 is 0 Å². The maximum absolute atomic E-state index is 12.3. The lowest BCUT2D eigenvalue weighted by atomic mass is 10.2. The van der Waals surface area contributed by atoms with E-state index >= 15 is 0 Å². The van der Waals surface area contributed by atoms with E-state index in [9.17, 15) is 4.79 Å². The van der Waals surface area contributed by atoms with Gasteiger partial charge >= 0.3 is 0 Å². The highest BCUT2D eigenvalue weighted by molar-refractivity contribution is 9.10. The van der Waals surface area contributed by atoms with Gasteiger partial charge in [-0.15, -0.1) is 0 Å². The number of amides is 1. The van der Waals surface area contributed by atoms with Crippen molar-refractivity contribution in [3.63, 3.8) is 0 Å². The molecule has 0 aliphatic carbocycles. The fraction of sp³-hybridized carbons (Fsp3) is 0.214. The highest BCUT2D eigenvalue weighted by Crippen LogP contribution is 2.24. The van der Waals surface area contributed by atoms with Crippen LogP contribution in [0.2, 0.25) is 10.0 Å². The molecule has 0 unspecified atom stereocenters. The van der Waals surface area contributed by atoms with Gasteiger partial charge in [0.05, 0.1) is 10.0 Å². The van der Waals surface area contributed by atoms with Crippen molar-refractivity contribution in [2.75, 3.05) is 6.54 Å². The molecule has 0 bridgehead atoms. The number of furan rings is 1. The molecule has 0 N–H and O–H groups in total. The SMILES string of the molecule is CCN(Cc1ccc(Cl)c(Cl)c1)C(=O)c1ccc(Br)o1. The number of carbonyl (C=O) groups is 1. The molecule has 3 nitrogen and oxygen atoms in total. The van der Waals surface area contributed by atoms with Crippen molar-refractivity contribution in [2.45, 2.75) is 13.5 Å². The normalized spacial score (nSPS) is 10.6. The molecule has 2 rings (SSSR count). The van der Waals surface area contributed by atoms with Gasteiger partial charge in [-0.3, -0.25) is 4.79 Å². The van der Waals surface area contributed by atoms with E-state index in [4.69, 9.17) is 27.6 Å². The summed E-state index contributed by atoms with van der Waals surface area (Å²) in [6.45, 7) is 2.93. The monoisotopic (exact) mass is 375 g/mol. The second-order valence-corrected chi connectivity index (χ2v) is 5.77. The molecule has 1 amide bonds. The molecule has 2 aromatic rings. The molecule has 106 valence electrons. The lowest BCUT2D eigenvalue weighted by molar-refractivity contribution is 0.0719. The van der Waals surface area contributed by atoms with E-state index in [1.807, 2.05) is 13.0 Å². The lowest BCUT2D eigenvalue weighted by Gasteiger charge is -2.20. The van der Waals surface area contributed by atoms with E-state index in [0.717, 1.165) is 5.56 Å². The molecule has 0 saturated carbocycles. The van der Waals surface area contributed by atoms with Crippen molar-refractivity contribution in [1.29, 1.82) is 0 Å². The van der Waals surface area contributed by atoms with Gasteiger partial charge in [0.25, 0.3) is 5.91 Å². The van der Waals surface area contributed by atoms with Gasteiger partial charge in [0.2, 0.25) is 0 Å². The van der Waals surface area contributed by atoms with Crippen LogP contribution in [0.3, 0.4) is 0 Å². The molecule has 6 heteroatoms. The van der Waals surface area contributed by atoms with Gasteiger partial charge in [0, 0.05) is 13.1 Å². The maximum Gasteiger partial charge on any atom is 0.289 e. The van der Waals surface area contributed by atoms with E-state index in [-0.39, 0.29) is 5.91 Å². The third kappa shape index (κ3) is 3.57. The zero-order valence-electron chi connectivity index (χ0n) is 10.7. The predicted octanol–water partition coefficient (Wildman–Crippen LogP) is 5.01. The number of carbonyl (C=O) groups excluding carboxylic acids is 1. The number of rotatable bonds is 4. The van der Waals surface area contributed by atoms with E-state index in [1.54, 1.807) is 29.2 Å². The average molecular weight is 377 g/mol. The summed E-state index contributed by atoms with van der Waals surface area (Å²) in [4.78, 5) is 14.0. The van der Waals surface area contributed by atoms with Crippen LogP contribution in [-0.4, -0.2) is 17.4 Å². The third-order valence-corrected chi connectivity index (χ3v) is 3.98. The molecule has 20 heavy (non-hydrogen) atoms.